The summed E-state index contributed by atoms with van der Waals surface area (Å²) in [4.78, 5) is 28.6. The second-order valence-electron chi connectivity index (χ2n) is 7.49. The molecule has 28 heavy (non-hydrogen) atoms. The number of hydrogen-bond acceptors (Lipinski definition) is 5. The molecule has 1 amide bonds. The number of fused-ring (bicyclic) bond motifs is 2. The molecule has 0 saturated carbocycles. The number of benzene rings is 1. The Morgan fingerprint density at radius 2 is 2.07 bits per heavy atom. The van der Waals surface area contributed by atoms with Crippen molar-refractivity contribution >= 4 is 33.9 Å². The molecule has 0 spiro atoms. The number of amides is 1. The van der Waals surface area contributed by atoms with Gasteiger partial charge in [-0.3, -0.25) is 4.79 Å². The maximum Gasteiger partial charge on any atom is 0.341 e. The summed E-state index contributed by atoms with van der Waals surface area (Å²) < 4.78 is 5.25. The van der Waals surface area contributed by atoms with Gasteiger partial charge in [0.15, 0.2) is 0 Å². The van der Waals surface area contributed by atoms with E-state index in [-0.39, 0.29) is 11.9 Å². The smallest absolute Gasteiger partial charge is 0.341 e. The van der Waals surface area contributed by atoms with Gasteiger partial charge in [0.05, 0.1) is 18.7 Å². The Bertz CT molecular complexity index is 919. The maximum atomic E-state index is 12.8. The number of nitrogens with one attached hydrogen (secondary N) is 1. The number of anilines is 2. The molecule has 6 heteroatoms. The zero-order chi connectivity index (χ0) is 19.7. The molecular weight excluding hydrogens is 372 g/mol. The van der Waals surface area contributed by atoms with Crippen LogP contribution in [0.15, 0.2) is 18.2 Å². The molecule has 4 rings (SSSR count). The fourth-order valence-corrected chi connectivity index (χ4v) is 5.51. The molecule has 0 fully saturated rings. The van der Waals surface area contributed by atoms with Gasteiger partial charge < -0.3 is 15.0 Å². The van der Waals surface area contributed by atoms with Crippen molar-refractivity contribution in [2.24, 2.45) is 0 Å². The largest absolute Gasteiger partial charge is 0.462 e. The minimum atomic E-state index is -0.323. The molecule has 1 N–H and O–H groups in total. The molecule has 5 nitrogen and oxygen atoms in total. The monoisotopic (exact) mass is 398 g/mol. The Hall–Kier alpha value is -2.34. The van der Waals surface area contributed by atoms with Gasteiger partial charge >= 0.3 is 5.97 Å². The van der Waals surface area contributed by atoms with Gasteiger partial charge in [0.1, 0.15) is 5.00 Å². The fraction of sp³-hybridized carbons (Fsp3) is 0.455. The van der Waals surface area contributed by atoms with E-state index in [2.05, 4.69) is 35.3 Å². The predicted octanol–water partition coefficient (Wildman–Crippen LogP) is 4.11. The summed E-state index contributed by atoms with van der Waals surface area (Å²) >= 11 is 1.53. The number of esters is 1. The normalized spacial score (nSPS) is 15.1. The van der Waals surface area contributed by atoms with Gasteiger partial charge in [-0.05, 0) is 63.1 Å². The Morgan fingerprint density at radius 1 is 1.21 bits per heavy atom. The summed E-state index contributed by atoms with van der Waals surface area (Å²) in [5.41, 5.74) is 5.34. The number of nitrogens with zero attached hydrogens (tertiary/aromatic N) is 1. The molecule has 0 saturated heterocycles. The van der Waals surface area contributed by atoms with E-state index < -0.39 is 0 Å². The fourth-order valence-electron chi connectivity index (χ4n) is 4.22. The number of carbonyl (C=O) groups is 2. The highest BCUT2D eigenvalue weighted by Crippen LogP contribution is 2.39. The number of thiophene rings is 1. The highest BCUT2D eigenvalue weighted by molar-refractivity contribution is 7.17. The number of rotatable bonds is 5. The van der Waals surface area contributed by atoms with E-state index in [1.54, 1.807) is 6.92 Å². The van der Waals surface area contributed by atoms with Gasteiger partial charge in [-0.2, -0.15) is 0 Å². The van der Waals surface area contributed by atoms with Crippen LogP contribution >= 0.6 is 11.3 Å². The third-order valence-electron chi connectivity index (χ3n) is 5.44. The second-order valence-corrected chi connectivity index (χ2v) is 8.59. The maximum absolute atomic E-state index is 12.8. The number of ether oxygens (including phenoxy) is 1. The van der Waals surface area contributed by atoms with Crippen molar-refractivity contribution in [2.45, 2.75) is 46.0 Å². The standard InChI is InChI=1S/C22H26N2O3S/c1-3-27-22(26)20-16-7-4-8-18(16)28-21(20)23-19(25)13-24-11-5-6-15-12-14(2)9-10-17(15)24/h9-10,12H,3-8,11,13H2,1-2H3,(H,23,25). The van der Waals surface area contributed by atoms with Crippen LogP contribution in [0, 0.1) is 6.92 Å². The van der Waals surface area contributed by atoms with Crippen LogP contribution in [-0.2, 0) is 28.8 Å². The zero-order valence-corrected chi connectivity index (χ0v) is 17.3. The van der Waals surface area contributed by atoms with Crippen LogP contribution in [0.25, 0.3) is 0 Å². The van der Waals surface area contributed by atoms with Crippen LogP contribution in [0.5, 0.6) is 0 Å². The van der Waals surface area contributed by atoms with Gasteiger partial charge in [-0.1, -0.05) is 17.7 Å². The van der Waals surface area contributed by atoms with Crippen molar-refractivity contribution in [3.8, 4) is 0 Å². The Morgan fingerprint density at radius 3 is 2.89 bits per heavy atom. The average molecular weight is 399 g/mol. The molecule has 1 aliphatic heterocycles. The first kappa shape index (κ1) is 19.0. The SMILES string of the molecule is CCOC(=O)c1c(NC(=O)CN2CCCc3cc(C)ccc32)sc2c1CCC2. The molecule has 2 aromatic rings. The summed E-state index contributed by atoms with van der Waals surface area (Å²) in [6.45, 7) is 5.40. The van der Waals surface area contributed by atoms with Crippen molar-refractivity contribution in [1.29, 1.82) is 0 Å². The molecule has 0 bridgehead atoms. The van der Waals surface area contributed by atoms with E-state index in [1.807, 2.05) is 0 Å². The summed E-state index contributed by atoms with van der Waals surface area (Å²) in [6.07, 6.45) is 5.02. The van der Waals surface area contributed by atoms with E-state index in [4.69, 9.17) is 4.74 Å². The first-order valence-corrected chi connectivity index (χ1v) is 10.8. The van der Waals surface area contributed by atoms with Gasteiger partial charge in [-0.15, -0.1) is 11.3 Å². The number of hydrogen-bond donors (Lipinski definition) is 1. The molecule has 0 radical (unpaired) electrons. The second kappa shape index (κ2) is 7.95. The van der Waals surface area contributed by atoms with Crippen molar-refractivity contribution < 1.29 is 14.3 Å². The van der Waals surface area contributed by atoms with E-state index >= 15 is 0 Å². The summed E-state index contributed by atoms with van der Waals surface area (Å²) in [5.74, 6) is -0.408. The van der Waals surface area contributed by atoms with Crippen molar-refractivity contribution in [1.82, 2.24) is 0 Å². The minimum absolute atomic E-state index is 0.0844. The lowest BCUT2D eigenvalue weighted by molar-refractivity contribution is -0.115. The summed E-state index contributed by atoms with van der Waals surface area (Å²) in [6, 6.07) is 6.42. The molecule has 0 atom stereocenters. The lowest BCUT2D eigenvalue weighted by Crippen LogP contribution is -2.36. The first-order valence-electron chi connectivity index (χ1n) is 10.0. The molecular formula is C22H26N2O3S. The molecule has 2 aliphatic rings. The predicted molar refractivity (Wildman–Crippen MR) is 113 cm³/mol. The van der Waals surface area contributed by atoms with Gasteiger partial charge in [0, 0.05) is 17.1 Å². The molecule has 1 aromatic carbocycles. The molecule has 1 aromatic heterocycles. The third kappa shape index (κ3) is 3.65. The first-order chi connectivity index (χ1) is 13.6. The zero-order valence-electron chi connectivity index (χ0n) is 16.5. The highest BCUT2D eigenvalue weighted by atomic mass is 32.1. The van der Waals surface area contributed by atoms with Crippen LogP contribution in [0.1, 0.15) is 51.7 Å². The highest BCUT2D eigenvalue weighted by Gasteiger charge is 2.29. The minimum Gasteiger partial charge on any atom is -0.462 e. The number of aryl methyl sites for hydroxylation is 3. The van der Waals surface area contributed by atoms with E-state index in [0.717, 1.165) is 49.9 Å². The quantitative estimate of drug-likeness (QED) is 0.770. The molecule has 148 valence electrons. The average Bonchev–Trinajstić information content (AvgIpc) is 3.22. The van der Waals surface area contributed by atoms with Crippen molar-refractivity contribution in [3.05, 3.63) is 45.3 Å². The molecule has 0 unspecified atom stereocenters. The van der Waals surface area contributed by atoms with Crippen LogP contribution < -0.4 is 10.2 Å². The Balaban J connectivity index is 1.52. The topological polar surface area (TPSA) is 58.6 Å². The van der Waals surface area contributed by atoms with E-state index in [9.17, 15) is 9.59 Å². The van der Waals surface area contributed by atoms with Crippen LogP contribution in [0.3, 0.4) is 0 Å². The Labute approximate surface area is 169 Å². The van der Waals surface area contributed by atoms with Crippen molar-refractivity contribution in [2.75, 3.05) is 29.9 Å². The van der Waals surface area contributed by atoms with E-state index in [1.165, 1.54) is 27.3 Å². The van der Waals surface area contributed by atoms with Crippen LogP contribution in [0.4, 0.5) is 10.7 Å². The van der Waals surface area contributed by atoms with Crippen LogP contribution in [0.2, 0.25) is 0 Å². The number of carbonyl (C=O) groups excluding carboxylic acids is 2. The van der Waals surface area contributed by atoms with Gasteiger partial charge in [0.25, 0.3) is 0 Å². The molecule has 1 aliphatic carbocycles. The van der Waals surface area contributed by atoms with Crippen molar-refractivity contribution in [3.63, 3.8) is 0 Å². The summed E-state index contributed by atoms with van der Waals surface area (Å²) in [5, 5.41) is 3.65. The molecule has 2 heterocycles. The van der Waals surface area contributed by atoms with E-state index in [0.29, 0.717) is 23.7 Å². The lowest BCUT2D eigenvalue weighted by Gasteiger charge is -2.31. The third-order valence-corrected chi connectivity index (χ3v) is 6.65. The van der Waals surface area contributed by atoms with Gasteiger partial charge in [-0.25, -0.2) is 4.79 Å². The lowest BCUT2D eigenvalue weighted by atomic mass is 9.99. The Kier molecular flexibility index (Phi) is 5.40. The van der Waals surface area contributed by atoms with Crippen LogP contribution in [-0.4, -0.2) is 31.6 Å². The van der Waals surface area contributed by atoms with Gasteiger partial charge in [0.2, 0.25) is 5.91 Å². The summed E-state index contributed by atoms with van der Waals surface area (Å²) in [7, 11) is 0.